The zero-order valence-corrected chi connectivity index (χ0v) is 13.3. The minimum absolute atomic E-state index is 0.0706. The number of rotatable bonds is 5. The molecule has 2 aliphatic rings. The van der Waals surface area contributed by atoms with Gasteiger partial charge >= 0.3 is 0 Å². The normalized spacial score (nSPS) is 27.0. The van der Waals surface area contributed by atoms with Crippen LogP contribution in [-0.2, 0) is 5.41 Å². The molecule has 1 aromatic carbocycles. The molecule has 2 aliphatic heterocycles. The van der Waals surface area contributed by atoms with Gasteiger partial charge in [-0.2, -0.15) is 0 Å². The summed E-state index contributed by atoms with van der Waals surface area (Å²) in [6.07, 6.45) is 4.11. The fourth-order valence-electron chi connectivity index (χ4n) is 3.97. The molecule has 0 amide bonds. The molecule has 3 nitrogen and oxygen atoms in total. The smallest absolute Gasteiger partial charge is 0.0235 e. The van der Waals surface area contributed by atoms with E-state index in [9.17, 15) is 0 Å². The first-order valence-corrected chi connectivity index (χ1v) is 8.43. The Kier molecular flexibility index (Phi) is 4.63. The number of nitrogens with zero attached hydrogens (tertiary/aromatic N) is 2. The van der Waals surface area contributed by atoms with Gasteiger partial charge in [-0.05, 0) is 44.5 Å². The average Bonchev–Trinajstić information content (AvgIpc) is 3.19. The quantitative estimate of drug-likeness (QED) is 0.900. The van der Waals surface area contributed by atoms with Gasteiger partial charge in [-0.1, -0.05) is 37.3 Å². The summed E-state index contributed by atoms with van der Waals surface area (Å²) in [5, 5.41) is 0. The van der Waals surface area contributed by atoms with Crippen molar-refractivity contribution in [3.63, 3.8) is 0 Å². The van der Waals surface area contributed by atoms with E-state index in [0.717, 1.165) is 12.6 Å². The van der Waals surface area contributed by atoms with Crippen LogP contribution in [0.2, 0.25) is 0 Å². The Morgan fingerprint density at radius 1 is 1.14 bits per heavy atom. The molecular formula is C18H29N3. The maximum atomic E-state index is 6.14. The molecule has 2 N–H and O–H groups in total. The largest absolute Gasteiger partial charge is 0.330 e. The third-order valence-corrected chi connectivity index (χ3v) is 5.40. The van der Waals surface area contributed by atoms with Gasteiger partial charge in [0.1, 0.15) is 0 Å². The van der Waals surface area contributed by atoms with E-state index in [1.54, 1.807) is 0 Å². The summed E-state index contributed by atoms with van der Waals surface area (Å²) in [5.74, 6) is 0. The van der Waals surface area contributed by atoms with Crippen LogP contribution in [0.5, 0.6) is 0 Å². The summed E-state index contributed by atoms with van der Waals surface area (Å²) in [6.45, 7) is 9.17. The standard InChI is InChI=1S/C18H29N3/c1-18(14-19,16-7-3-2-4-8-16)15-20-12-9-17(13-20)21-10-5-6-11-21/h2-4,7-8,17H,5-6,9-15,19H2,1H3. The molecule has 3 heteroatoms. The molecule has 0 radical (unpaired) electrons. The summed E-state index contributed by atoms with van der Waals surface area (Å²) < 4.78 is 0. The molecule has 2 saturated heterocycles. The van der Waals surface area contributed by atoms with E-state index < -0.39 is 0 Å². The summed E-state index contributed by atoms with van der Waals surface area (Å²) in [5.41, 5.74) is 7.58. The fourth-order valence-corrected chi connectivity index (χ4v) is 3.97. The van der Waals surface area contributed by atoms with Crippen molar-refractivity contribution in [2.45, 2.75) is 37.6 Å². The van der Waals surface area contributed by atoms with Gasteiger partial charge in [0.05, 0.1) is 0 Å². The van der Waals surface area contributed by atoms with Crippen LogP contribution in [0, 0.1) is 0 Å². The van der Waals surface area contributed by atoms with E-state index >= 15 is 0 Å². The highest BCUT2D eigenvalue weighted by Gasteiger charge is 2.34. The molecule has 21 heavy (non-hydrogen) atoms. The van der Waals surface area contributed by atoms with Crippen LogP contribution in [-0.4, -0.2) is 55.1 Å². The highest BCUT2D eigenvalue weighted by molar-refractivity contribution is 5.25. The Labute approximate surface area is 129 Å². The van der Waals surface area contributed by atoms with Crippen molar-refractivity contribution in [1.82, 2.24) is 9.80 Å². The van der Waals surface area contributed by atoms with Crippen LogP contribution in [0.4, 0.5) is 0 Å². The Hall–Kier alpha value is -0.900. The van der Waals surface area contributed by atoms with Crippen LogP contribution in [0.1, 0.15) is 31.7 Å². The maximum Gasteiger partial charge on any atom is 0.0235 e. The van der Waals surface area contributed by atoms with Crippen LogP contribution in [0.25, 0.3) is 0 Å². The zero-order chi connectivity index (χ0) is 14.7. The third-order valence-electron chi connectivity index (χ3n) is 5.40. The second-order valence-electron chi connectivity index (χ2n) is 7.05. The van der Waals surface area contributed by atoms with Crippen molar-refractivity contribution in [3.8, 4) is 0 Å². The van der Waals surface area contributed by atoms with Crippen molar-refractivity contribution < 1.29 is 0 Å². The van der Waals surface area contributed by atoms with Crippen LogP contribution >= 0.6 is 0 Å². The predicted molar refractivity (Wildman–Crippen MR) is 88.5 cm³/mol. The van der Waals surface area contributed by atoms with E-state index in [1.807, 2.05) is 0 Å². The van der Waals surface area contributed by atoms with Crippen molar-refractivity contribution in [1.29, 1.82) is 0 Å². The molecule has 2 atom stereocenters. The highest BCUT2D eigenvalue weighted by Crippen LogP contribution is 2.27. The topological polar surface area (TPSA) is 32.5 Å². The monoisotopic (exact) mass is 287 g/mol. The first-order valence-electron chi connectivity index (χ1n) is 8.43. The Bertz CT molecular complexity index is 441. The number of hydrogen-bond acceptors (Lipinski definition) is 3. The lowest BCUT2D eigenvalue weighted by Gasteiger charge is -2.34. The number of hydrogen-bond donors (Lipinski definition) is 1. The second kappa shape index (κ2) is 6.47. The molecule has 0 aliphatic carbocycles. The Morgan fingerprint density at radius 3 is 2.52 bits per heavy atom. The molecule has 3 rings (SSSR count). The van der Waals surface area contributed by atoms with Gasteiger partial charge in [0.15, 0.2) is 0 Å². The molecule has 0 spiro atoms. The molecule has 0 aromatic heterocycles. The Morgan fingerprint density at radius 2 is 1.86 bits per heavy atom. The van der Waals surface area contributed by atoms with Crippen LogP contribution < -0.4 is 5.73 Å². The average molecular weight is 287 g/mol. The predicted octanol–water partition coefficient (Wildman–Crippen LogP) is 2.07. The zero-order valence-electron chi connectivity index (χ0n) is 13.3. The lowest BCUT2D eigenvalue weighted by molar-refractivity contribution is 0.212. The van der Waals surface area contributed by atoms with Gasteiger partial charge in [0, 0.05) is 31.1 Å². The maximum absolute atomic E-state index is 6.14. The summed E-state index contributed by atoms with van der Waals surface area (Å²) >= 11 is 0. The van der Waals surface area contributed by atoms with Gasteiger partial charge in [-0.25, -0.2) is 0 Å². The van der Waals surface area contributed by atoms with Gasteiger partial charge in [0.25, 0.3) is 0 Å². The van der Waals surface area contributed by atoms with Crippen molar-refractivity contribution in [2.24, 2.45) is 5.73 Å². The first-order chi connectivity index (χ1) is 10.2. The molecular weight excluding hydrogens is 258 g/mol. The SMILES string of the molecule is CC(CN)(CN1CCC(N2CCCC2)C1)c1ccccc1. The van der Waals surface area contributed by atoms with Crippen molar-refractivity contribution in [3.05, 3.63) is 35.9 Å². The molecule has 116 valence electrons. The molecule has 0 bridgehead atoms. The second-order valence-corrected chi connectivity index (χ2v) is 7.05. The minimum Gasteiger partial charge on any atom is -0.330 e. The number of benzene rings is 1. The van der Waals surface area contributed by atoms with Gasteiger partial charge in [-0.15, -0.1) is 0 Å². The van der Waals surface area contributed by atoms with E-state index in [2.05, 4.69) is 47.1 Å². The summed E-state index contributed by atoms with van der Waals surface area (Å²) in [7, 11) is 0. The Balaban J connectivity index is 1.62. The molecule has 2 fully saturated rings. The fraction of sp³-hybridized carbons (Fsp3) is 0.667. The molecule has 0 saturated carbocycles. The van der Waals surface area contributed by atoms with Crippen LogP contribution in [0.15, 0.2) is 30.3 Å². The van der Waals surface area contributed by atoms with Crippen LogP contribution in [0.3, 0.4) is 0 Å². The van der Waals surface area contributed by atoms with E-state index in [1.165, 1.54) is 51.0 Å². The van der Waals surface area contributed by atoms with Gasteiger partial charge in [0.2, 0.25) is 0 Å². The minimum atomic E-state index is 0.0706. The summed E-state index contributed by atoms with van der Waals surface area (Å²) in [6, 6.07) is 11.6. The number of nitrogens with two attached hydrogens (primary N) is 1. The third kappa shape index (κ3) is 3.31. The summed E-state index contributed by atoms with van der Waals surface area (Å²) in [4.78, 5) is 5.32. The van der Waals surface area contributed by atoms with E-state index in [4.69, 9.17) is 5.73 Å². The van der Waals surface area contributed by atoms with E-state index in [0.29, 0.717) is 6.54 Å². The molecule has 1 aromatic rings. The lowest BCUT2D eigenvalue weighted by atomic mass is 9.82. The lowest BCUT2D eigenvalue weighted by Crippen LogP contribution is -2.44. The highest BCUT2D eigenvalue weighted by atomic mass is 15.3. The van der Waals surface area contributed by atoms with Crippen molar-refractivity contribution >= 4 is 0 Å². The van der Waals surface area contributed by atoms with Crippen molar-refractivity contribution in [2.75, 3.05) is 39.3 Å². The first kappa shape index (κ1) is 15.0. The van der Waals surface area contributed by atoms with Gasteiger partial charge < -0.3 is 10.6 Å². The van der Waals surface area contributed by atoms with E-state index in [-0.39, 0.29) is 5.41 Å². The van der Waals surface area contributed by atoms with Gasteiger partial charge in [-0.3, -0.25) is 4.90 Å². The molecule has 2 heterocycles. The molecule has 2 unspecified atom stereocenters. The number of likely N-dealkylation sites (tertiary alicyclic amines) is 2.